The quantitative estimate of drug-likeness (QED) is 0.601. The normalized spacial score (nSPS) is 8.12. The van der Waals surface area contributed by atoms with Crippen LogP contribution in [-0.4, -0.2) is 0 Å². The van der Waals surface area contributed by atoms with Crippen LogP contribution in [0.3, 0.4) is 0 Å². The molecule has 2 N–H and O–H groups in total. The fourth-order valence-electron chi connectivity index (χ4n) is 0.370. The molecule has 0 saturated heterocycles. The van der Waals surface area contributed by atoms with Crippen LogP contribution in [0.4, 0.5) is 5.69 Å². The Kier molecular flexibility index (Phi) is 2.87. The highest BCUT2D eigenvalue weighted by Crippen LogP contribution is 2.14. The second-order valence-corrected chi connectivity index (χ2v) is 2.25. The summed E-state index contributed by atoms with van der Waals surface area (Å²) in [6, 6.07) is 0. The molecule has 0 unspecified atom stereocenters. The van der Waals surface area contributed by atoms with E-state index in [2.05, 4.69) is 0 Å². The van der Waals surface area contributed by atoms with Gasteiger partial charge in [0.2, 0.25) is 0 Å². The Morgan fingerprint density at radius 1 is 1.50 bits per heavy atom. The van der Waals surface area contributed by atoms with E-state index in [0.29, 0.717) is 0 Å². The molecule has 3 heteroatoms. The maximum atomic E-state index is 5.45. The second-order valence-electron chi connectivity index (χ2n) is 1.51. The van der Waals surface area contributed by atoms with E-state index in [4.69, 9.17) is 5.73 Å². The number of hydrogen-bond acceptors (Lipinski definition) is 2. The third-order valence-corrected chi connectivity index (χ3v) is 1.77. The van der Waals surface area contributed by atoms with Crippen molar-refractivity contribution in [1.82, 2.24) is 0 Å². The van der Waals surface area contributed by atoms with Gasteiger partial charge in [0.1, 0.15) is 0 Å². The van der Waals surface area contributed by atoms with Crippen LogP contribution >= 0.6 is 23.7 Å². The lowest BCUT2D eigenvalue weighted by atomic mass is 10.3. The molecule has 1 aromatic rings. The van der Waals surface area contributed by atoms with E-state index in [1.54, 1.807) is 11.3 Å². The molecular formula is C5H8ClNS. The molecular weight excluding hydrogens is 142 g/mol. The summed E-state index contributed by atoms with van der Waals surface area (Å²) in [7, 11) is 0. The molecule has 1 heterocycles. The molecule has 0 radical (unpaired) electrons. The Hall–Kier alpha value is -0.210. The Bertz CT molecular complexity index is 145. The lowest BCUT2D eigenvalue weighted by Crippen LogP contribution is -1.80. The van der Waals surface area contributed by atoms with Crippen LogP contribution in [0.25, 0.3) is 0 Å². The number of rotatable bonds is 0. The van der Waals surface area contributed by atoms with Crippen LogP contribution in [0.1, 0.15) is 5.56 Å². The first kappa shape index (κ1) is 7.79. The van der Waals surface area contributed by atoms with Crippen molar-refractivity contribution < 1.29 is 0 Å². The molecule has 0 atom stereocenters. The maximum Gasteiger partial charge on any atom is 0.0452 e. The highest BCUT2D eigenvalue weighted by molar-refractivity contribution is 7.08. The van der Waals surface area contributed by atoms with Crippen LogP contribution < -0.4 is 5.73 Å². The molecule has 1 rings (SSSR count). The molecule has 1 nitrogen and oxygen atoms in total. The minimum Gasteiger partial charge on any atom is -0.398 e. The third kappa shape index (κ3) is 1.39. The zero-order chi connectivity index (χ0) is 5.28. The van der Waals surface area contributed by atoms with Gasteiger partial charge in [-0.05, 0) is 17.9 Å². The molecule has 0 saturated carbocycles. The van der Waals surface area contributed by atoms with Crippen molar-refractivity contribution in [3.63, 3.8) is 0 Å². The van der Waals surface area contributed by atoms with E-state index in [1.165, 1.54) is 5.56 Å². The van der Waals surface area contributed by atoms with Crippen molar-refractivity contribution in [3.8, 4) is 0 Å². The van der Waals surface area contributed by atoms with Crippen LogP contribution in [0.5, 0.6) is 0 Å². The number of anilines is 1. The standard InChI is InChI=1S/C5H7NS.ClH/c1-4-2-7-3-5(4)6;/h2-3H,6H2,1H3;1H. The lowest BCUT2D eigenvalue weighted by Gasteiger charge is -1.81. The monoisotopic (exact) mass is 149 g/mol. The first-order chi connectivity index (χ1) is 3.30. The zero-order valence-electron chi connectivity index (χ0n) is 4.55. The van der Waals surface area contributed by atoms with E-state index in [9.17, 15) is 0 Å². The summed E-state index contributed by atoms with van der Waals surface area (Å²) in [6.07, 6.45) is 0. The Labute approximate surface area is 58.9 Å². The summed E-state index contributed by atoms with van der Waals surface area (Å²) in [4.78, 5) is 0. The first-order valence-corrected chi connectivity index (χ1v) is 3.03. The van der Waals surface area contributed by atoms with Gasteiger partial charge in [0.25, 0.3) is 0 Å². The van der Waals surface area contributed by atoms with Gasteiger partial charge in [-0.25, -0.2) is 0 Å². The van der Waals surface area contributed by atoms with Gasteiger partial charge in [-0.15, -0.1) is 23.7 Å². The van der Waals surface area contributed by atoms with Gasteiger partial charge in [-0.2, -0.15) is 0 Å². The van der Waals surface area contributed by atoms with Crippen molar-refractivity contribution >= 4 is 29.4 Å². The average Bonchev–Trinajstić information content (AvgIpc) is 1.91. The molecule has 0 bridgehead atoms. The zero-order valence-corrected chi connectivity index (χ0v) is 6.18. The second kappa shape index (κ2) is 2.95. The minimum absolute atomic E-state index is 0. The number of hydrogen-bond donors (Lipinski definition) is 1. The van der Waals surface area contributed by atoms with Gasteiger partial charge >= 0.3 is 0 Å². The van der Waals surface area contributed by atoms with Crippen LogP contribution in [-0.2, 0) is 0 Å². The lowest BCUT2D eigenvalue weighted by molar-refractivity contribution is 1.55. The fourth-order valence-corrected chi connectivity index (χ4v) is 1.11. The number of aryl methyl sites for hydroxylation is 1. The van der Waals surface area contributed by atoms with E-state index in [0.717, 1.165) is 5.69 Å². The SMILES string of the molecule is Cc1cscc1N.Cl. The molecule has 0 aromatic carbocycles. The fraction of sp³-hybridized carbons (Fsp3) is 0.200. The summed E-state index contributed by atoms with van der Waals surface area (Å²) >= 11 is 1.64. The molecule has 0 amide bonds. The smallest absolute Gasteiger partial charge is 0.0452 e. The maximum absolute atomic E-state index is 5.45. The van der Waals surface area contributed by atoms with Crippen molar-refractivity contribution in [2.75, 3.05) is 5.73 Å². The van der Waals surface area contributed by atoms with Crippen LogP contribution in [0.2, 0.25) is 0 Å². The van der Waals surface area contributed by atoms with Crippen LogP contribution in [0.15, 0.2) is 10.8 Å². The number of nitrogens with two attached hydrogens (primary N) is 1. The Morgan fingerprint density at radius 3 is 2.25 bits per heavy atom. The number of thiophene rings is 1. The summed E-state index contributed by atoms with van der Waals surface area (Å²) in [5, 5.41) is 3.98. The van der Waals surface area contributed by atoms with Crippen LogP contribution in [0, 0.1) is 6.92 Å². The molecule has 0 fully saturated rings. The summed E-state index contributed by atoms with van der Waals surface area (Å²) in [5.74, 6) is 0. The van der Waals surface area contributed by atoms with E-state index >= 15 is 0 Å². The molecule has 0 aliphatic rings. The van der Waals surface area contributed by atoms with E-state index in [1.807, 2.05) is 17.7 Å². The predicted molar refractivity (Wildman–Crippen MR) is 40.7 cm³/mol. The van der Waals surface area contributed by atoms with Gasteiger partial charge in [0.05, 0.1) is 0 Å². The summed E-state index contributed by atoms with van der Waals surface area (Å²) in [5.41, 5.74) is 7.54. The highest BCUT2D eigenvalue weighted by atomic mass is 35.5. The van der Waals surface area contributed by atoms with Gasteiger partial charge in [-0.1, -0.05) is 0 Å². The largest absolute Gasteiger partial charge is 0.398 e. The summed E-state index contributed by atoms with van der Waals surface area (Å²) < 4.78 is 0. The molecule has 1 aromatic heterocycles. The van der Waals surface area contributed by atoms with E-state index in [-0.39, 0.29) is 12.4 Å². The molecule has 0 aliphatic heterocycles. The predicted octanol–water partition coefficient (Wildman–Crippen LogP) is 2.06. The van der Waals surface area contributed by atoms with Crippen molar-refractivity contribution in [2.45, 2.75) is 6.92 Å². The van der Waals surface area contributed by atoms with Gasteiger partial charge in [-0.3, -0.25) is 0 Å². The summed E-state index contributed by atoms with van der Waals surface area (Å²) in [6.45, 7) is 2.01. The third-order valence-electron chi connectivity index (χ3n) is 0.895. The first-order valence-electron chi connectivity index (χ1n) is 2.09. The van der Waals surface area contributed by atoms with Gasteiger partial charge < -0.3 is 5.73 Å². The van der Waals surface area contributed by atoms with Crippen molar-refractivity contribution in [3.05, 3.63) is 16.3 Å². The molecule has 0 aliphatic carbocycles. The van der Waals surface area contributed by atoms with Crippen molar-refractivity contribution in [2.24, 2.45) is 0 Å². The number of nitrogen functional groups attached to an aromatic ring is 1. The highest BCUT2D eigenvalue weighted by Gasteiger charge is 1.87. The minimum atomic E-state index is 0. The average molecular weight is 150 g/mol. The number of halogens is 1. The molecule has 8 heavy (non-hydrogen) atoms. The van der Waals surface area contributed by atoms with Crippen molar-refractivity contribution in [1.29, 1.82) is 0 Å². The van der Waals surface area contributed by atoms with E-state index < -0.39 is 0 Å². The van der Waals surface area contributed by atoms with Gasteiger partial charge in [0, 0.05) is 11.1 Å². The molecule has 46 valence electrons. The Morgan fingerprint density at radius 2 is 2.12 bits per heavy atom. The van der Waals surface area contributed by atoms with Gasteiger partial charge in [0.15, 0.2) is 0 Å². The topological polar surface area (TPSA) is 26.0 Å². The molecule has 0 spiro atoms. The Balaban J connectivity index is 0.000000490.